The number of benzene rings is 1. The predicted molar refractivity (Wildman–Crippen MR) is 66.4 cm³/mol. The SMILES string of the molecule is COc1ccccc1CC(=O)N(CCO)CC(F)F. The number of halogens is 2. The van der Waals surface area contributed by atoms with Crippen LogP contribution in [0.25, 0.3) is 0 Å². The topological polar surface area (TPSA) is 49.8 Å². The van der Waals surface area contributed by atoms with Gasteiger partial charge in [0.1, 0.15) is 5.75 Å². The zero-order chi connectivity index (χ0) is 14.3. The second-order valence-corrected chi connectivity index (χ2v) is 3.94. The summed E-state index contributed by atoms with van der Waals surface area (Å²) in [5.74, 6) is 0.0793. The normalized spacial score (nSPS) is 10.6. The standard InChI is InChI=1S/C13H17F2NO3/c1-19-11-5-3-2-4-10(11)8-13(18)16(6-7-17)9-12(14)15/h2-5,12,17H,6-9H2,1H3. The number of ether oxygens (including phenoxy) is 1. The summed E-state index contributed by atoms with van der Waals surface area (Å²) in [5, 5.41) is 8.80. The van der Waals surface area contributed by atoms with E-state index < -0.39 is 18.9 Å². The van der Waals surface area contributed by atoms with Crippen LogP contribution in [-0.2, 0) is 11.2 Å². The molecule has 0 aliphatic heterocycles. The van der Waals surface area contributed by atoms with Gasteiger partial charge in [-0.15, -0.1) is 0 Å². The van der Waals surface area contributed by atoms with Gasteiger partial charge in [-0.1, -0.05) is 18.2 Å². The molecule has 1 amide bonds. The van der Waals surface area contributed by atoms with Gasteiger partial charge in [0.15, 0.2) is 0 Å². The fourth-order valence-corrected chi connectivity index (χ4v) is 1.73. The van der Waals surface area contributed by atoms with Gasteiger partial charge in [-0.25, -0.2) is 8.78 Å². The Bertz CT molecular complexity index is 413. The first-order valence-electron chi connectivity index (χ1n) is 5.87. The summed E-state index contributed by atoms with van der Waals surface area (Å²) in [4.78, 5) is 12.9. The molecule has 19 heavy (non-hydrogen) atoms. The Morgan fingerprint density at radius 2 is 2.11 bits per heavy atom. The Morgan fingerprint density at radius 1 is 1.42 bits per heavy atom. The molecule has 0 atom stereocenters. The first-order chi connectivity index (χ1) is 9.08. The molecule has 1 N–H and O–H groups in total. The number of aliphatic hydroxyl groups excluding tert-OH is 1. The van der Waals surface area contributed by atoms with Crippen molar-refractivity contribution in [2.45, 2.75) is 12.8 Å². The van der Waals surface area contributed by atoms with Crippen LogP contribution in [0.3, 0.4) is 0 Å². The van der Waals surface area contributed by atoms with E-state index in [2.05, 4.69) is 0 Å². The summed E-state index contributed by atoms with van der Waals surface area (Å²) in [7, 11) is 1.48. The molecule has 1 aromatic carbocycles. The Kier molecular flexibility index (Phi) is 6.21. The van der Waals surface area contributed by atoms with Crippen molar-refractivity contribution in [3.05, 3.63) is 29.8 Å². The van der Waals surface area contributed by atoms with E-state index in [1.54, 1.807) is 24.3 Å². The number of aliphatic hydroxyl groups is 1. The summed E-state index contributed by atoms with van der Waals surface area (Å²) in [6.07, 6.45) is -2.65. The first kappa shape index (κ1) is 15.4. The molecule has 0 saturated carbocycles. The van der Waals surface area contributed by atoms with Gasteiger partial charge < -0.3 is 14.7 Å². The fraction of sp³-hybridized carbons (Fsp3) is 0.462. The van der Waals surface area contributed by atoms with E-state index in [9.17, 15) is 13.6 Å². The van der Waals surface area contributed by atoms with Gasteiger partial charge in [0.2, 0.25) is 5.91 Å². The molecule has 6 heteroatoms. The number of hydrogen-bond donors (Lipinski definition) is 1. The summed E-state index contributed by atoms with van der Waals surface area (Å²) in [5.41, 5.74) is 0.632. The van der Waals surface area contributed by atoms with Crippen LogP contribution < -0.4 is 4.74 Å². The van der Waals surface area contributed by atoms with E-state index in [4.69, 9.17) is 9.84 Å². The van der Waals surface area contributed by atoms with Crippen molar-refractivity contribution < 1.29 is 23.4 Å². The highest BCUT2D eigenvalue weighted by Crippen LogP contribution is 2.18. The van der Waals surface area contributed by atoms with Crippen LogP contribution in [0.1, 0.15) is 5.56 Å². The third-order valence-corrected chi connectivity index (χ3v) is 2.62. The number of alkyl halides is 2. The number of para-hydroxylation sites is 1. The Labute approximate surface area is 110 Å². The minimum atomic E-state index is -2.62. The van der Waals surface area contributed by atoms with Crippen LogP contribution >= 0.6 is 0 Å². The minimum Gasteiger partial charge on any atom is -0.496 e. The molecule has 0 aliphatic carbocycles. The molecule has 0 saturated heterocycles. The largest absolute Gasteiger partial charge is 0.496 e. The number of rotatable bonds is 7. The molecule has 0 bridgehead atoms. The lowest BCUT2D eigenvalue weighted by atomic mass is 10.1. The lowest BCUT2D eigenvalue weighted by Crippen LogP contribution is -2.38. The number of carbonyl (C=O) groups is 1. The van der Waals surface area contributed by atoms with Crippen LogP contribution in [0, 0.1) is 0 Å². The molecule has 0 fully saturated rings. The number of carbonyl (C=O) groups excluding carboxylic acids is 1. The third-order valence-electron chi connectivity index (χ3n) is 2.62. The van der Waals surface area contributed by atoms with Crippen molar-refractivity contribution in [2.75, 3.05) is 26.8 Å². The molecule has 0 aliphatic rings. The second-order valence-electron chi connectivity index (χ2n) is 3.94. The van der Waals surface area contributed by atoms with Crippen molar-refractivity contribution in [3.8, 4) is 5.75 Å². The smallest absolute Gasteiger partial charge is 0.255 e. The summed E-state index contributed by atoms with van der Waals surface area (Å²) >= 11 is 0. The van der Waals surface area contributed by atoms with E-state index in [1.807, 2.05) is 0 Å². The Morgan fingerprint density at radius 3 is 2.68 bits per heavy atom. The van der Waals surface area contributed by atoms with Crippen LogP contribution in [-0.4, -0.2) is 49.1 Å². The molecular formula is C13H17F2NO3. The monoisotopic (exact) mass is 273 g/mol. The summed E-state index contributed by atoms with van der Waals surface area (Å²) in [6, 6.07) is 6.91. The maximum Gasteiger partial charge on any atom is 0.255 e. The molecule has 4 nitrogen and oxygen atoms in total. The lowest BCUT2D eigenvalue weighted by Gasteiger charge is -2.21. The van der Waals surface area contributed by atoms with Crippen LogP contribution in [0.5, 0.6) is 5.75 Å². The number of nitrogens with zero attached hydrogens (tertiary/aromatic N) is 1. The van der Waals surface area contributed by atoms with Crippen LogP contribution in [0.15, 0.2) is 24.3 Å². The average molecular weight is 273 g/mol. The zero-order valence-electron chi connectivity index (χ0n) is 10.7. The predicted octanol–water partition coefficient (Wildman–Crippen LogP) is 1.32. The molecule has 0 heterocycles. The molecule has 1 rings (SSSR count). The number of amides is 1. The Balaban J connectivity index is 2.75. The van der Waals surface area contributed by atoms with Gasteiger partial charge in [-0.3, -0.25) is 4.79 Å². The van der Waals surface area contributed by atoms with E-state index >= 15 is 0 Å². The molecule has 0 aromatic heterocycles. The van der Waals surface area contributed by atoms with Gasteiger partial charge in [0.25, 0.3) is 6.43 Å². The van der Waals surface area contributed by atoms with E-state index in [0.29, 0.717) is 11.3 Å². The highest BCUT2D eigenvalue weighted by Gasteiger charge is 2.19. The quantitative estimate of drug-likeness (QED) is 0.815. The maximum atomic E-state index is 12.4. The Hall–Kier alpha value is -1.69. The van der Waals surface area contributed by atoms with E-state index in [0.717, 1.165) is 4.90 Å². The zero-order valence-corrected chi connectivity index (χ0v) is 10.7. The van der Waals surface area contributed by atoms with Gasteiger partial charge in [-0.2, -0.15) is 0 Å². The first-order valence-corrected chi connectivity index (χ1v) is 5.87. The van der Waals surface area contributed by atoms with Gasteiger partial charge in [-0.05, 0) is 6.07 Å². The van der Waals surface area contributed by atoms with Crippen LogP contribution in [0.2, 0.25) is 0 Å². The summed E-state index contributed by atoms with van der Waals surface area (Å²) in [6.45, 7) is -1.11. The molecule has 0 unspecified atom stereocenters. The lowest BCUT2D eigenvalue weighted by molar-refractivity contribution is -0.133. The summed E-state index contributed by atoms with van der Waals surface area (Å²) < 4.78 is 29.8. The number of methoxy groups -OCH3 is 1. The minimum absolute atomic E-state index is 0.0310. The van der Waals surface area contributed by atoms with Crippen molar-refractivity contribution >= 4 is 5.91 Å². The maximum absolute atomic E-state index is 12.4. The van der Waals surface area contributed by atoms with Crippen molar-refractivity contribution in [1.82, 2.24) is 4.90 Å². The van der Waals surface area contributed by atoms with Crippen molar-refractivity contribution in [3.63, 3.8) is 0 Å². The molecule has 0 spiro atoms. The van der Waals surface area contributed by atoms with Crippen LogP contribution in [0.4, 0.5) is 8.78 Å². The fourth-order valence-electron chi connectivity index (χ4n) is 1.73. The van der Waals surface area contributed by atoms with Gasteiger partial charge >= 0.3 is 0 Å². The van der Waals surface area contributed by atoms with Crippen molar-refractivity contribution in [2.24, 2.45) is 0 Å². The number of hydrogen-bond acceptors (Lipinski definition) is 3. The van der Waals surface area contributed by atoms with Gasteiger partial charge in [0, 0.05) is 12.1 Å². The molecule has 0 radical (unpaired) electrons. The molecule has 106 valence electrons. The second kappa shape index (κ2) is 7.68. The molecule has 1 aromatic rings. The van der Waals surface area contributed by atoms with Gasteiger partial charge in [0.05, 0.1) is 26.7 Å². The van der Waals surface area contributed by atoms with E-state index in [-0.39, 0.29) is 19.6 Å². The highest BCUT2D eigenvalue weighted by molar-refractivity contribution is 5.79. The van der Waals surface area contributed by atoms with Crippen molar-refractivity contribution in [1.29, 1.82) is 0 Å². The average Bonchev–Trinajstić information content (AvgIpc) is 2.38. The third kappa shape index (κ3) is 4.82. The molecular weight excluding hydrogens is 256 g/mol. The van der Waals surface area contributed by atoms with E-state index in [1.165, 1.54) is 7.11 Å². The highest BCUT2D eigenvalue weighted by atomic mass is 19.3.